The van der Waals surface area contributed by atoms with E-state index in [2.05, 4.69) is 32.6 Å². The van der Waals surface area contributed by atoms with Crippen LogP contribution < -0.4 is 10.5 Å². The molecule has 0 amide bonds. The molecule has 0 bridgehead atoms. The van der Waals surface area contributed by atoms with Crippen molar-refractivity contribution in [2.75, 3.05) is 5.73 Å². The van der Waals surface area contributed by atoms with Gasteiger partial charge in [0.1, 0.15) is 11.4 Å². The number of ether oxygens (including phenoxy) is 1. The minimum Gasteiger partial charge on any atom is -0.437 e. The van der Waals surface area contributed by atoms with Crippen LogP contribution in [0.3, 0.4) is 0 Å². The number of halogens is 2. The Kier molecular flexibility index (Phi) is 3.45. The van der Waals surface area contributed by atoms with Gasteiger partial charge in [-0.1, -0.05) is 0 Å². The summed E-state index contributed by atoms with van der Waals surface area (Å²) in [4.78, 5) is 7.64. The highest BCUT2D eigenvalue weighted by Gasteiger charge is 2.05. The summed E-state index contributed by atoms with van der Waals surface area (Å²) in [5.74, 6) is 0.920. The van der Waals surface area contributed by atoms with Gasteiger partial charge in [0.05, 0.1) is 6.20 Å². The summed E-state index contributed by atoms with van der Waals surface area (Å²) in [6, 6.07) is 7.51. The Hall–Kier alpha value is -1.08. The Morgan fingerprint density at radius 1 is 1.25 bits per heavy atom. The van der Waals surface area contributed by atoms with Crippen molar-refractivity contribution in [2.24, 2.45) is 0 Å². The average molecular weight is 348 g/mol. The van der Waals surface area contributed by atoms with Crippen LogP contribution in [0.1, 0.15) is 0 Å². The highest BCUT2D eigenvalue weighted by Crippen LogP contribution is 2.25. The quantitative estimate of drug-likeness (QED) is 0.670. The monoisotopic (exact) mass is 347 g/mol. The summed E-state index contributed by atoms with van der Waals surface area (Å²) in [6.07, 6.45) is 1.41. The maximum absolute atomic E-state index is 5.66. The fraction of sp³-hybridized carbons (Fsp3) is 0. The van der Waals surface area contributed by atoms with E-state index in [1.807, 2.05) is 24.3 Å². The predicted octanol–water partition coefficient (Wildman–Crippen LogP) is 3.11. The van der Waals surface area contributed by atoms with Gasteiger partial charge in [0, 0.05) is 3.57 Å². The molecule has 0 fully saturated rings. The van der Waals surface area contributed by atoms with Crippen molar-refractivity contribution in [1.29, 1.82) is 0 Å². The third-order valence-electron chi connectivity index (χ3n) is 1.78. The Morgan fingerprint density at radius 2 is 1.94 bits per heavy atom. The lowest BCUT2D eigenvalue weighted by Gasteiger charge is -2.06. The molecule has 0 aliphatic carbocycles. The molecule has 2 aromatic rings. The summed E-state index contributed by atoms with van der Waals surface area (Å²) >= 11 is 7.86. The van der Waals surface area contributed by atoms with Gasteiger partial charge in [-0.2, -0.15) is 4.98 Å². The molecule has 16 heavy (non-hydrogen) atoms. The predicted molar refractivity (Wildman–Crippen MR) is 70.7 cm³/mol. The molecule has 2 rings (SSSR count). The molecule has 0 saturated heterocycles. The first-order valence-electron chi connectivity index (χ1n) is 4.36. The molecule has 0 saturated carbocycles. The largest absolute Gasteiger partial charge is 0.437 e. The normalized spacial score (nSPS) is 10.1. The van der Waals surface area contributed by atoms with Crippen LogP contribution in [0.25, 0.3) is 0 Å². The highest BCUT2D eigenvalue weighted by molar-refractivity contribution is 14.1. The van der Waals surface area contributed by atoms with Crippen LogP contribution in [-0.4, -0.2) is 9.97 Å². The van der Waals surface area contributed by atoms with E-state index in [1.54, 1.807) is 0 Å². The fourth-order valence-corrected chi connectivity index (χ4v) is 1.54. The molecule has 0 spiro atoms. The van der Waals surface area contributed by atoms with Crippen molar-refractivity contribution >= 4 is 39.9 Å². The Balaban J connectivity index is 2.26. The van der Waals surface area contributed by atoms with Crippen molar-refractivity contribution in [2.45, 2.75) is 0 Å². The summed E-state index contributed by atoms with van der Waals surface area (Å²) < 4.78 is 6.60. The number of benzene rings is 1. The second-order valence-electron chi connectivity index (χ2n) is 2.96. The van der Waals surface area contributed by atoms with Gasteiger partial charge in [0.15, 0.2) is 0 Å². The lowest BCUT2D eigenvalue weighted by atomic mass is 10.3. The van der Waals surface area contributed by atoms with Crippen LogP contribution in [0.5, 0.6) is 11.6 Å². The molecule has 6 heteroatoms. The highest BCUT2D eigenvalue weighted by atomic mass is 127. The first-order chi connectivity index (χ1) is 7.65. The minimum atomic E-state index is 0.106. The van der Waals surface area contributed by atoms with Crippen molar-refractivity contribution in [3.63, 3.8) is 0 Å². The van der Waals surface area contributed by atoms with Gasteiger partial charge in [0.25, 0.3) is 0 Å². The van der Waals surface area contributed by atoms with Gasteiger partial charge >= 0.3 is 0 Å². The van der Waals surface area contributed by atoms with Gasteiger partial charge in [-0.25, -0.2) is 4.98 Å². The number of nitrogens with zero attached hydrogens (tertiary/aromatic N) is 2. The maximum atomic E-state index is 5.66. The first kappa shape index (κ1) is 11.4. The third-order valence-corrected chi connectivity index (χ3v) is 2.68. The Morgan fingerprint density at radius 3 is 2.62 bits per heavy atom. The van der Waals surface area contributed by atoms with Gasteiger partial charge in [-0.3, -0.25) is 0 Å². The average Bonchev–Trinajstić information content (AvgIpc) is 2.27. The van der Waals surface area contributed by atoms with Gasteiger partial charge in [-0.15, -0.1) is 0 Å². The van der Waals surface area contributed by atoms with E-state index in [1.165, 1.54) is 6.20 Å². The number of anilines is 1. The zero-order chi connectivity index (χ0) is 11.5. The summed E-state index contributed by atoms with van der Waals surface area (Å²) in [5, 5.41) is 0.106. The number of nitrogens with two attached hydrogens (primary N) is 1. The van der Waals surface area contributed by atoms with Crippen molar-refractivity contribution in [3.05, 3.63) is 39.3 Å². The number of aromatic nitrogens is 2. The van der Waals surface area contributed by atoms with Crippen molar-refractivity contribution in [1.82, 2.24) is 9.97 Å². The van der Waals surface area contributed by atoms with Gasteiger partial charge in [-0.05, 0) is 58.5 Å². The zero-order valence-corrected chi connectivity index (χ0v) is 10.9. The third kappa shape index (κ3) is 2.73. The summed E-state index contributed by atoms with van der Waals surface area (Å²) in [6.45, 7) is 0. The lowest BCUT2D eigenvalue weighted by molar-refractivity contribution is 0.464. The fourth-order valence-electron chi connectivity index (χ4n) is 1.05. The standard InChI is InChI=1S/C10H7ClIN3O/c11-10-14-5-8(13)9(15-10)16-7-3-1-6(12)2-4-7/h1-5H,13H2. The molecule has 1 aromatic carbocycles. The molecule has 4 nitrogen and oxygen atoms in total. The molecule has 0 aliphatic rings. The first-order valence-corrected chi connectivity index (χ1v) is 5.82. The summed E-state index contributed by atoms with van der Waals surface area (Å²) in [5.41, 5.74) is 6.01. The van der Waals surface area contributed by atoms with Gasteiger partial charge < -0.3 is 10.5 Å². The molecule has 2 N–H and O–H groups in total. The molecule has 1 heterocycles. The molecule has 0 aliphatic heterocycles. The van der Waals surface area contributed by atoms with E-state index < -0.39 is 0 Å². The Bertz CT molecular complexity index is 504. The van der Waals surface area contributed by atoms with Gasteiger partial charge in [0.2, 0.25) is 11.2 Å². The van der Waals surface area contributed by atoms with Crippen LogP contribution >= 0.6 is 34.2 Å². The summed E-state index contributed by atoms with van der Waals surface area (Å²) in [7, 11) is 0. The van der Waals surface area contributed by atoms with Crippen LogP contribution in [0.15, 0.2) is 30.5 Å². The zero-order valence-electron chi connectivity index (χ0n) is 8.02. The molecule has 0 radical (unpaired) electrons. The molecule has 82 valence electrons. The molecular formula is C10H7ClIN3O. The Labute approximate surface area is 111 Å². The minimum absolute atomic E-state index is 0.106. The van der Waals surface area contributed by atoms with Crippen molar-refractivity contribution in [3.8, 4) is 11.6 Å². The van der Waals surface area contributed by atoms with E-state index in [0.29, 0.717) is 11.4 Å². The molecular weight excluding hydrogens is 340 g/mol. The molecule has 1 aromatic heterocycles. The second-order valence-corrected chi connectivity index (χ2v) is 4.54. The van der Waals surface area contributed by atoms with Crippen molar-refractivity contribution < 1.29 is 4.74 Å². The van der Waals surface area contributed by atoms with E-state index in [9.17, 15) is 0 Å². The van der Waals surface area contributed by atoms with E-state index in [0.717, 1.165) is 3.57 Å². The SMILES string of the molecule is Nc1cnc(Cl)nc1Oc1ccc(I)cc1. The molecule has 0 unspecified atom stereocenters. The number of nitrogen functional groups attached to an aromatic ring is 1. The lowest BCUT2D eigenvalue weighted by Crippen LogP contribution is -1.96. The van der Waals surface area contributed by atoms with E-state index in [4.69, 9.17) is 22.1 Å². The molecule has 0 atom stereocenters. The van der Waals surface area contributed by atoms with E-state index in [-0.39, 0.29) is 11.2 Å². The number of hydrogen-bond acceptors (Lipinski definition) is 4. The maximum Gasteiger partial charge on any atom is 0.247 e. The van der Waals surface area contributed by atoms with Crippen LogP contribution in [0.4, 0.5) is 5.69 Å². The smallest absolute Gasteiger partial charge is 0.247 e. The second kappa shape index (κ2) is 4.84. The van der Waals surface area contributed by atoms with E-state index >= 15 is 0 Å². The van der Waals surface area contributed by atoms with Crippen LogP contribution in [-0.2, 0) is 0 Å². The van der Waals surface area contributed by atoms with Crippen LogP contribution in [0, 0.1) is 3.57 Å². The number of rotatable bonds is 2. The van der Waals surface area contributed by atoms with Crippen LogP contribution in [0.2, 0.25) is 5.28 Å². The topological polar surface area (TPSA) is 61.0 Å². The number of hydrogen-bond donors (Lipinski definition) is 1.